The van der Waals surface area contributed by atoms with E-state index in [-0.39, 0.29) is 30.6 Å². The number of nitrogens with one attached hydrogen (secondary N) is 1. The Labute approximate surface area is 310 Å². The van der Waals surface area contributed by atoms with Crippen LogP contribution in [-0.4, -0.2) is 91.9 Å². The van der Waals surface area contributed by atoms with Gasteiger partial charge >= 0.3 is 10.2 Å². The van der Waals surface area contributed by atoms with Gasteiger partial charge in [-0.15, -0.1) is 11.8 Å². The molecule has 2 heterocycles. The molecule has 0 saturated carbocycles. The smallest absolute Gasteiger partial charge is 0.304 e. The van der Waals surface area contributed by atoms with E-state index in [9.17, 15) is 18.0 Å². The lowest BCUT2D eigenvalue weighted by atomic mass is 9.99. The second-order valence-electron chi connectivity index (χ2n) is 12.9. The molecule has 51 heavy (non-hydrogen) atoms. The molecule has 2 aliphatic heterocycles. The van der Waals surface area contributed by atoms with Crippen molar-refractivity contribution >= 4 is 51.1 Å². The van der Waals surface area contributed by atoms with Crippen LogP contribution in [0.3, 0.4) is 0 Å². The van der Waals surface area contributed by atoms with Gasteiger partial charge in [-0.05, 0) is 78.1 Å². The number of anilines is 1. The van der Waals surface area contributed by atoms with E-state index in [2.05, 4.69) is 50.9 Å². The summed E-state index contributed by atoms with van der Waals surface area (Å²) < 4.78 is 29.9. The van der Waals surface area contributed by atoms with Gasteiger partial charge in [0.05, 0.1) is 0 Å². The van der Waals surface area contributed by atoms with E-state index in [4.69, 9.17) is 11.6 Å². The van der Waals surface area contributed by atoms with Gasteiger partial charge in [0.15, 0.2) is 0 Å². The minimum absolute atomic E-state index is 0.0143. The first-order valence-corrected chi connectivity index (χ1v) is 20.1. The summed E-state index contributed by atoms with van der Waals surface area (Å²) in [7, 11) is -4.03. The standard InChI is InChI=1S/C39H44ClN5O4S2/c1-30(46)45(27-28-50-37-8-3-2-4-9-37)36-19-21-44(22-20-36)51(48,49)41-39(47)32-13-17-35(18-14-32)43-25-23-42(24-26-43)29-33-7-5-6-10-38(33)31-11-15-34(40)16-12-31/h2-18,36H,19-29H2,1H3,(H,41,47). The van der Waals surface area contributed by atoms with Crippen LogP contribution in [0.2, 0.25) is 5.02 Å². The summed E-state index contributed by atoms with van der Waals surface area (Å²) in [4.78, 5) is 33.2. The van der Waals surface area contributed by atoms with E-state index in [0.717, 1.165) is 59.6 Å². The normalized spacial score (nSPS) is 16.2. The lowest BCUT2D eigenvalue weighted by Crippen LogP contribution is -2.52. The molecule has 0 spiro atoms. The van der Waals surface area contributed by atoms with Crippen LogP contribution in [0.1, 0.15) is 35.7 Å². The second-order valence-corrected chi connectivity index (χ2v) is 16.2. The highest BCUT2D eigenvalue weighted by atomic mass is 35.5. The number of nitrogens with zero attached hydrogens (tertiary/aromatic N) is 4. The number of piperazine rings is 1. The zero-order chi connectivity index (χ0) is 35.8. The molecule has 0 aromatic heterocycles. The number of benzene rings is 4. The van der Waals surface area contributed by atoms with E-state index in [1.165, 1.54) is 15.4 Å². The van der Waals surface area contributed by atoms with Crippen molar-refractivity contribution in [2.75, 3.05) is 56.5 Å². The average Bonchev–Trinajstić information content (AvgIpc) is 3.15. The third-order valence-corrected chi connectivity index (χ3v) is 12.3. The van der Waals surface area contributed by atoms with Crippen molar-refractivity contribution in [3.63, 3.8) is 0 Å². The van der Waals surface area contributed by atoms with Gasteiger partial charge in [-0.1, -0.05) is 66.2 Å². The molecule has 2 fully saturated rings. The number of rotatable bonds is 12. The molecule has 1 N–H and O–H groups in total. The summed E-state index contributed by atoms with van der Waals surface area (Å²) >= 11 is 7.81. The molecule has 268 valence electrons. The highest BCUT2D eigenvalue weighted by Crippen LogP contribution is 2.27. The monoisotopic (exact) mass is 745 g/mol. The number of thioether (sulfide) groups is 1. The fourth-order valence-corrected chi connectivity index (χ4v) is 8.98. The van der Waals surface area contributed by atoms with Gasteiger partial charge < -0.3 is 9.80 Å². The van der Waals surface area contributed by atoms with Gasteiger partial charge in [-0.25, -0.2) is 4.72 Å². The summed E-state index contributed by atoms with van der Waals surface area (Å²) in [6.07, 6.45) is 1.03. The largest absolute Gasteiger partial charge is 0.369 e. The second kappa shape index (κ2) is 17.1. The maximum Gasteiger partial charge on any atom is 0.304 e. The molecular formula is C39H44ClN5O4S2. The van der Waals surface area contributed by atoms with Crippen LogP contribution < -0.4 is 9.62 Å². The zero-order valence-corrected chi connectivity index (χ0v) is 31.2. The molecule has 2 aliphatic rings. The van der Waals surface area contributed by atoms with Crippen molar-refractivity contribution in [2.24, 2.45) is 0 Å². The van der Waals surface area contributed by atoms with E-state index >= 15 is 0 Å². The Hall–Kier alpha value is -3.87. The lowest BCUT2D eigenvalue weighted by Gasteiger charge is -2.37. The van der Waals surface area contributed by atoms with Gasteiger partial charge in [0.25, 0.3) is 5.91 Å². The SMILES string of the molecule is CC(=O)N(CCSc1ccccc1)C1CCN(S(=O)(=O)NC(=O)c2ccc(N3CCN(Cc4ccccc4-c4ccc(Cl)cc4)CC3)cc2)CC1. The van der Waals surface area contributed by atoms with Gasteiger partial charge in [0, 0.05) is 92.2 Å². The topological polar surface area (TPSA) is 93.3 Å². The molecular weight excluding hydrogens is 702 g/mol. The van der Waals surface area contributed by atoms with Crippen molar-refractivity contribution in [2.45, 2.75) is 37.2 Å². The minimum atomic E-state index is -4.03. The highest BCUT2D eigenvalue weighted by molar-refractivity contribution is 7.99. The third kappa shape index (κ3) is 9.72. The number of amides is 2. The molecule has 6 rings (SSSR count). The fourth-order valence-electron chi connectivity index (χ4n) is 6.81. The summed E-state index contributed by atoms with van der Waals surface area (Å²) in [5, 5.41) is 0.724. The quantitative estimate of drug-likeness (QED) is 0.168. The minimum Gasteiger partial charge on any atom is -0.369 e. The first-order valence-electron chi connectivity index (χ1n) is 17.3. The molecule has 4 aromatic carbocycles. The molecule has 2 amide bonds. The molecule has 0 unspecified atom stereocenters. The summed E-state index contributed by atoms with van der Waals surface area (Å²) in [6, 6.07) is 33.5. The van der Waals surface area contributed by atoms with Crippen LogP contribution in [0.4, 0.5) is 5.69 Å². The van der Waals surface area contributed by atoms with Crippen LogP contribution >= 0.6 is 23.4 Å². The summed E-state index contributed by atoms with van der Waals surface area (Å²) in [5.74, 6) is 0.0874. The van der Waals surface area contributed by atoms with E-state index in [1.807, 2.05) is 59.5 Å². The number of carbonyl (C=O) groups is 2. The van der Waals surface area contributed by atoms with Gasteiger partial charge in [-0.2, -0.15) is 12.7 Å². The van der Waals surface area contributed by atoms with Crippen molar-refractivity contribution in [3.8, 4) is 11.1 Å². The summed E-state index contributed by atoms with van der Waals surface area (Å²) in [5.41, 5.74) is 4.91. The average molecular weight is 746 g/mol. The predicted molar refractivity (Wildman–Crippen MR) is 206 cm³/mol. The molecule has 0 aliphatic carbocycles. The Morgan fingerprint density at radius 3 is 2.14 bits per heavy atom. The number of hydrogen-bond donors (Lipinski definition) is 1. The number of carbonyl (C=O) groups excluding carboxylic acids is 2. The first-order chi connectivity index (χ1) is 24.7. The van der Waals surface area contributed by atoms with Crippen LogP contribution in [0.5, 0.6) is 0 Å². The lowest BCUT2D eigenvalue weighted by molar-refractivity contribution is -0.131. The van der Waals surface area contributed by atoms with E-state index in [0.29, 0.717) is 19.4 Å². The van der Waals surface area contributed by atoms with Crippen molar-refractivity contribution in [3.05, 3.63) is 119 Å². The Bertz CT molecular complexity index is 1880. The highest BCUT2D eigenvalue weighted by Gasteiger charge is 2.32. The molecule has 0 radical (unpaired) electrons. The maximum atomic E-state index is 13.2. The van der Waals surface area contributed by atoms with Crippen LogP contribution in [0.15, 0.2) is 108 Å². The first kappa shape index (κ1) is 36.9. The van der Waals surface area contributed by atoms with Crippen LogP contribution in [0.25, 0.3) is 11.1 Å². The van der Waals surface area contributed by atoms with E-state index in [1.54, 1.807) is 30.8 Å². The fraction of sp³-hybridized carbons (Fsp3) is 0.333. The van der Waals surface area contributed by atoms with Gasteiger partial charge in [0.1, 0.15) is 0 Å². The molecule has 0 bridgehead atoms. The number of piperidine rings is 1. The Morgan fingerprint density at radius 1 is 0.824 bits per heavy atom. The maximum absolute atomic E-state index is 13.2. The number of halogens is 1. The molecule has 9 nitrogen and oxygen atoms in total. The number of hydrogen-bond acceptors (Lipinski definition) is 7. The molecule has 4 aromatic rings. The molecule has 12 heteroatoms. The van der Waals surface area contributed by atoms with Crippen LogP contribution in [-0.2, 0) is 21.5 Å². The Kier molecular flexibility index (Phi) is 12.4. The van der Waals surface area contributed by atoms with E-state index < -0.39 is 16.1 Å². The third-order valence-electron chi connectivity index (χ3n) is 9.61. The Balaban J connectivity index is 0.967. The molecule has 2 saturated heterocycles. The van der Waals surface area contributed by atoms with Gasteiger partial charge in [-0.3, -0.25) is 14.5 Å². The van der Waals surface area contributed by atoms with Crippen molar-refractivity contribution in [1.29, 1.82) is 0 Å². The van der Waals surface area contributed by atoms with Crippen molar-refractivity contribution in [1.82, 2.24) is 18.8 Å². The van der Waals surface area contributed by atoms with Gasteiger partial charge in [0.2, 0.25) is 5.91 Å². The predicted octanol–water partition coefficient (Wildman–Crippen LogP) is 6.41. The molecule has 0 atom stereocenters. The van der Waals surface area contributed by atoms with Crippen LogP contribution in [0, 0.1) is 0 Å². The van der Waals surface area contributed by atoms with Crippen molar-refractivity contribution < 1.29 is 18.0 Å². The Morgan fingerprint density at radius 2 is 1.47 bits per heavy atom. The zero-order valence-electron chi connectivity index (χ0n) is 28.8. The summed E-state index contributed by atoms with van der Waals surface area (Å²) in [6.45, 7) is 6.94.